The van der Waals surface area contributed by atoms with Crippen molar-refractivity contribution in [1.82, 2.24) is 26.6 Å². The Morgan fingerprint density at radius 1 is 0.320 bits per heavy atom. The molecule has 0 radical (unpaired) electrons. The molecule has 15 nitrogen and oxygen atoms in total. The van der Waals surface area contributed by atoms with E-state index in [4.69, 9.17) is 18.9 Å². The van der Waals surface area contributed by atoms with Crippen LogP contribution in [0.15, 0.2) is 0 Å². The van der Waals surface area contributed by atoms with Crippen molar-refractivity contribution < 1.29 is 47.7 Å². The van der Waals surface area contributed by atoms with Gasteiger partial charge in [-0.3, -0.25) is 19.2 Å². The fourth-order valence-electron chi connectivity index (χ4n) is 3.97. The maximum atomic E-state index is 10.5. The van der Waals surface area contributed by atoms with Gasteiger partial charge >= 0.3 is 11.9 Å². The van der Waals surface area contributed by atoms with Crippen LogP contribution in [0.2, 0.25) is 0 Å². The number of Topliss-reactive ketones (excluding diaryl/α,β-unsaturated/α-hetero) is 1. The number of rotatable bonds is 32. The molecule has 2 amide bonds. The van der Waals surface area contributed by atoms with Crippen LogP contribution >= 0.6 is 0 Å². The van der Waals surface area contributed by atoms with Crippen molar-refractivity contribution in [2.45, 2.75) is 262 Å². The first-order valence-electron chi connectivity index (χ1n) is 29.7. The molecule has 0 fully saturated rings. The zero-order valence-corrected chi connectivity index (χ0v) is 53.7. The molecule has 0 aliphatic heterocycles. The van der Waals surface area contributed by atoms with Crippen molar-refractivity contribution in [3.8, 4) is 0 Å². The maximum Gasteiger partial charge on any atom is 0.305 e. The lowest BCUT2D eigenvalue weighted by atomic mass is 10.3. The molecule has 0 aromatic rings. The van der Waals surface area contributed by atoms with Gasteiger partial charge in [0.25, 0.3) is 0 Å². The SMILES string of the molecule is C.CCCC(=O)NCC.CCCC(=O)OCC.CCCC(C)=O.CCCNC(=O)CC.CCCNCC.CCCNCCC.CCCOC(=O)CC.CCCOCC.CCCOCCC.CCNCC.CCOCC. The Balaban J connectivity index is -0.0000000583. The highest BCUT2D eigenvalue weighted by atomic mass is 16.5. The molecule has 75 heavy (non-hydrogen) atoms. The summed E-state index contributed by atoms with van der Waals surface area (Å²) < 4.78 is 24.3. The van der Waals surface area contributed by atoms with E-state index in [1.54, 1.807) is 13.8 Å². The summed E-state index contributed by atoms with van der Waals surface area (Å²) in [6.45, 7) is 58.9. The molecule has 5 N–H and O–H groups in total. The summed E-state index contributed by atoms with van der Waals surface area (Å²) in [6, 6.07) is 0. The van der Waals surface area contributed by atoms with Crippen LogP contribution in [0.5, 0.6) is 0 Å². The van der Waals surface area contributed by atoms with Crippen LogP contribution in [0.4, 0.5) is 0 Å². The van der Waals surface area contributed by atoms with Crippen molar-refractivity contribution in [2.75, 3.05) is 105 Å². The van der Waals surface area contributed by atoms with E-state index >= 15 is 0 Å². The number of nitrogens with one attached hydrogen (secondary N) is 5. The molecule has 0 saturated carbocycles. The van der Waals surface area contributed by atoms with E-state index < -0.39 is 0 Å². The van der Waals surface area contributed by atoms with E-state index in [1.165, 1.54) is 32.4 Å². The molecule has 0 aliphatic rings. The van der Waals surface area contributed by atoms with E-state index in [0.717, 1.165) is 137 Å². The van der Waals surface area contributed by atoms with Gasteiger partial charge in [-0.05, 0) is 151 Å². The molecular weight excluding hydrogens is 951 g/mol. The lowest BCUT2D eigenvalue weighted by Crippen LogP contribution is -2.22. The summed E-state index contributed by atoms with van der Waals surface area (Å²) in [6.07, 6.45) is 14.9. The number of ketones is 1. The Morgan fingerprint density at radius 2 is 0.733 bits per heavy atom. The van der Waals surface area contributed by atoms with E-state index in [2.05, 4.69) is 93.6 Å². The normalized spacial score (nSPS) is 8.72. The van der Waals surface area contributed by atoms with Gasteiger partial charge in [-0.25, -0.2) is 0 Å². The zero-order chi connectivity index (χ0) is 59.6. The van der Waals surface area contributed by atoms with Gasteiger partial charge in [-0.15, -0.1) is 0 Å². The summed E-state index contributed by atoms with van der Waals surface area (Å²) in [5.74, 6) is 0.404. The second kappa shape index (κ2) is 120. The Hall–Kier alpha value is -2.69. The van der Waals surface area contributed by atoms with Crippen LogP contribution < -0.4 is 26.6 Å². The third-order valence-electron chi connectivity index (χ3n) is 7.55. The largest absolute Gasteiger partial charge is 0.466 e. The number of ether oxygens (including phenoxy) is 5. The maximum absolute atomic E-state index is 10.5. The first-order chi connectivity index (χ1) is 35.5. The van der Waals surface area contributed by atoms with Crippen molar-refractivity contribution in [3.63, 3.8) is 0 Å². The fourth-order valence-corrected chi connectivity index (χ4v) is 3.97. The molecule has 0 bridgehead atoms. The third kappa shape index (κ3) is 191. The molecule has 0 heterocycles. The molecule has 0 aromatic carbocycles. The van der Waals surface area contributed by atoms with Gasteiger partial charge < -0.3 is 55.1 Å². The minimum atomic E-state index is -0.105. The van der Waals surface area contributed by atoms with Crippen molar-refractivity contribution in [2.24, 2.45) is 0 Å². The number of carbonyl (C=O) groups excluding carboxylic acids is 5. The van der Waals surface area contributed by atoms with Crippen LogP contribution in [0.25, 0.3) is 0 Å². The predicted molar refractivity (Wildman–Crippen MR) is 329 cm³/mol. The van der Waals surface area contributed by atoms with Crippen LogP contribution in [-0.2, 0) is 47.7 Å². The van der Waals surface area contributed by atoms with Gasteiger partial charge in [-0.1, -0.05) is 118 Å². The minimum absolute atomic E-state index is 0. The fraction of sp³-hybridized carbons (Fsp3) is 0.917. The zero-order valence-electron chi connectivity index (χ0n) is 53.7. The minimum Gasteiger partial charge on any atom is -0.466 e. The van der Waals surface area contributed by atoms with Gasteiger partial charge in [0.1, 0.15) is 5.78 Å². The van der Waals surface area contributed by atoms with E-state index in [0.29, 0.717) is 38.9 Å². The number of carbonyl (C=O) groups is 5. The van der Waals surface area contributed by atoms with Crippen LogP contribution in [0.1, 0.15) is 262 Å². The third-order valence-corrected chi connectivity index (χ3v) is 7.55. The van der Waals surface area contributed by atoms with Crippen molar-refractivity contribution in [3.05, 3.63) is 0 Å². The molecule has 0 atom stereocenters. The monoisotopic (exact) mass is 1090 g/mol. The highest BCUT2D eigenvalue weighted by molar-refractivity contribution is 5.76. The summed E-state index contributed by atoms with van der Waals surface area (Å²) in [5.41, 5.74) is 0. The van der Waals surface area contributed by atoms with Gasteiger partial charge in [0, 0.05) is 84.8 Å². The summed E-state index contributed by atoms with van der Waals surface area (Å²) in [7, 11) is 0. The molecule has 15 heteroatoms. The van der Waals surface area contributed by atoms with E-state index in [-0.39, 0.29) is 37.0 Å². The quantitative estimate of drug-likeness (QED) is 0.0316. The number of hydrogen-bond acceptors (Lipinski definition) is 13. The first kappa shape index (κ1) is 101. The highest BCUT2D eigenvalue weighted by Crippen LogP contribution is 1.89. The Morgan fingerprint density at radius 3 is 0.973 bits per heavy atom. The standard InChI is InChI=1S/2C6H13NO.C6H15N.2C6H12O2.C6H14O.C5H13N.C5H10O.C5H12O.C4H11N.C4H10O.CH4/c1-3-5-6(8)7-4-2;1-3-5-7-6(8)4-2;1-3-5-7-6-4-2;1-3-5-6(7)8-4-2;1-3-5-8-6(7)4-2;1-3-5-7-6-4-2;1-3-5-6-4-2;1-3-4-5(2)6;1-3-5-6-4-2;2*1-3-5-4-2;/h2*3-5H2,1-2H3,(H,7,8);7H,3-6H2,1-2H3;2*3-5H2,1-2H3;3-6H2,1-2H3;6H,3-5H2,1-2H3;3-4H2,1-2H3;3-5H2,1-2H3;5H,3-4H2,1-2H3;3-4H2,1-2H3;1H4. The molecule has 0 aromatic heterocycles. The molecule has 0 saturated heterocycles. The molecule has 0 aliphatic carbocycles. The lowest BCUT2D eigenvalue weighted by Gasteiger charge is -1.97. The Labute approximate surface area is 469 Å². The molecule has 0 spiro atoms. The van der Waals surface area contributed by atoms with Crippen LogP contribution in [0.3, 0.4) is 0 Å². The van der Waals surface area contributed by atoms with Gasteiger partial charge in [0.2, 0.25) is 11.8 Å². The van der Waals surface area contributed by atoms with Gasteiger partial charge in [0.15, 0.2) is 0 Å². The number of esters is 2. The summed E-state index contributed by atoms with van der Waals surface area (Å²) in [5, 5.41) is 15.0. The summed E-state index contributed by atoms with van der Waals surface area (Å²) in [4.78, 5) is 51.8. The predicted octanol–water partition coefficient (Wildman–Crippen LogP) is 13.9. The van der Waals surface area contributed by atoms with E-state index in [9.17, 15) is 24.0 Å². The second-order valence-electron chi connectivity index (χ2n) is 15.6. The Kier molecular flexibility index (Phi) is 161. The van der Waals surface area contributed by atoms with Crippen LogP contribution in [0, 0.1) is 0 Å². The Bertz CT molecular complexity index is 836. The number of amides is 2. The average Bonchev–Trinajstić information content (AvgIpc) is 3.39. The van der Waals surface area contributed by atoms with E-state index in [1.807, 2.05) is 76.2 Å². The summed E-state index contributed by atoms with van der Waals surface area (Å²) >= 11 is 0. The van der Waals surface area contributed by atoms with Gasteiger partial charge in [-0.2, -0.15) is 0 Å². The number of hydrogen-bond donors (Lipinski definition) is 5. The highest BCUT2D eigenvalue weighted by Gasteiger charge is 1.96. The first-order valence-corrected chi connectivity index (χ1v) is 29.7. The molecule has 0 unspecified atom stereocenters. The van der Waals surface area contributed by atoms with Crippen LogP contribution in [-0.4, -0.2) is 135 Å². The molecule has 464 valence electrons. The topological polar surface area (TPSA) is 192 Å². The lowest BCUT2D eigenvalue weighted by molar-refractivity contribution is -0.144. The molecule has 0 rings (SSSR count). The molecular formula is C60H139N5O10. The van der Waals surface area contributed by atoms with Gasteiger partial charge in [0.05, 0.1) is 13.2 Å². The van der Waals surface area contributed by atoms with Crippen molar-refractivity contribution >= 4 is 29.5 Å². The van der Waals surface area contributed by atoms with Crippen molar-refractivity contribution in [1.29, 1.82) is 0 Å². The second-order valence-corrected chi connectivity index (χ2v) is 15.6. The average molecular weight is 1090 g/mol. The smallest absolute Gasteiger partial charge is 0.305 e.